The third-order valence-corrected chi connectivity index (χ3v) is 16.7. The summed E-state index contributed by atoms with van der Waals surface area (Å²) in [6.45, 7) is 4.37. The summed E-state index contributed by atoms with van der Waals surface area (Å²) >= 11 is 0. The van der Waals surface area contributed by atoms with Crippen molar-refractivity contribution in [1.29, 1.82) is 0 Å². The first-order valence-electron chi connectivity index (χ1n) is 29.3. The highest BCUT2D eigenvalue weighted by Crippen LogP contribution is 2.44. The van der Waals surface area contributed by atoms with Gasteiger partial charge in [-0.25, -0.2) is 0 Å². The van der Waals surface area contributed by atoms with E-state index in [-0.39, 0.29) is 12.1 Å². The molecule has 2 unspecified atom stereocenters. The maximum Gasteiger partial charge on any atom is 0.0740 e. The maximum atomic E-state index is 7.14. The SMILES string of the molecule is CC(N=C(/C=C(\N)c1ccc(-c2ccc(/C(N)=C/C(=NC(C)c3c4ccccc4c(-c4ccccc4)c4ccccc34)c3cnc4ccccc4c3)cc2)cc1)c1cnc2ccccc2c1)c1c2ccccc2c(-c2ccccc2)c2ccccc12. The van der Waals surface area contributed by atoms with E-state index in [0.717, 1.165) is 77.7 Å². The summed E-state index contributed by atoms with van der Waals surface area (Å²) < 4.78 is 0. The number of aromatic nitrogens is 2. The molecule has 0 spiro atoms. The average molecular weight is 1110 g/mol. The number of hydrogen-bond donors (Lipinski definition) is 2. The summed E-state index contributed by atoms with van der Waals surface area (Å²) in [5, 5.41) is 11.5. The molecule has 0 radical (unpaired) electrons. The molecule has 4 N–H and O–H groups in total. The number of pyridine rings is 2. The van der Waals surface area contributed by atoms with E-state index in [1.54, 1.807) is 0 Å². The average Bonchev–Trinajstić information content (AvgIpc) is 1.47. The Morgan fingerprint density at radius 1 is 0.326 bits per heavy atom. The zero-order chi connectivity index (χ0) is 58.1. The molecule has 0 fully saturated rings. The molecule has 0 bridgehead atoms. The van der Waals surface area contributed by atoms with Crippen molar-refractivity contribution in [3.05, 3.63) is 325 Å². The third-order valence-electron chi connectivity index (χ3n) is 16.7. The molecule has 0 saturated carbocycles. The van der Waals surface area contributed by atoms with Gasteiger partial charge >= 0.3 is 0 Å². The van der Waals surface area contributed by atoms with E-state index in [4.69, 9.17) is 31.4 Å². The van der Waals surface area contributed by atoms with Crippen LogP contribution in [0.1, 0.15) is 59.3 Å². The molecule has 14 aromatic rings. The number of aliphatic imine (C=N–C) groups is 2. The lowest BCUT2D eigenvalue weighted by molar-refractivity contribution is 0.837. The van der Waals surface area contributed by atoms with Crippen LogP contribution in [-0.2, 0) is 0 Å². The van der Waals surface area contributed by atoms with Crippen LogP contribution < -0.4 is 11.5 Å². The van der Waals surface area contributed by atoms with Crippen molar-refractivity contribution in [3.63, 3.8) is 0 Å². The smallest absolute Gasteiger partial charge is 0.0740 e. The Balaban J connectivity index is 0.793. The normalized spacial score (nSPS) is 13.3. The molecule has 2 heterocycles. The van der Waals surface area contributed by atoms with E-state index in [9.17, 15) is 0 Å². The number of allylic oxidation sites excluding steroid dienone is 2. The Morgan fingerprint density at radius 3 is 0.977 bits per heavy atom. The van der Waals surface area contributed by atoms with Gasteiger partial charge in [-0.05, 0) is 149 Å². The van der Waals surface area contributed by atoms with Gasteiger partial charge in [0.1, 0.15) is 0 Å². The second-order valence-electron chi connectivity index (χ2n) is 22.1. The molecular weight excluding hydrogens is 1040 g/mol. The molecule has 6 nitrogen and oxygen atoms in total. The van der Waals surface area contributed by atoms with E-state index >= 15 is 0 Å². The van der Waals surface area contributed by atoms with E-state index in [2.05, 4.69) is 244 Å². The molecule has 86 heavy (non-hydrogen) atoms. The van der Waals surface area contributed by atoms with Gasteiger partial charge in [0.15, 0.2) is 0 Å². The molecule has 410 valence electrons. The molecule has 2 aromatic heterocycles. The third kappa shape index (κ3) is 10.1. The number of benzene rings is 12. The predicted octanol–water partition coefficient (Wildman–Crippen LogP) is 19.5. The minimum atomic E-state index is -0.252. The lowest BCUT2D eigenvalue weighted by atomic mass is 9.86. The highest BCUT2D eigenvalue weighted by Gasteiger charge is 2.22. The molecule has 0 amide bonds. The lowest BCUT2D eigenvalue weighted by Crippen LogP contribution is -2.07. The van der Waals surface area contributed by atoms with Crippen molar-refractivity contribution in [2.45, 2.75) is 25.9 Å². The number of nitrogens with zero attached hydrogens (tertiary/aromatic N) is 4. The van der Waals surface area contributed by atoms with Crippen LogP contribution in [0.2, 0.25) is 0 Å². The second kappa shape index (κ2) is 22.9. The minimum absolute atomic E-state index is 0.252. The van der Waals surface area contributed by atoms with Crippen LogP contribution in [0.3, 0.4) is 0 Å². The van der Waals surface area contributed by atoms with Gasteiger partial charge in [-0.2, -0.15) is 0 Å². The monoisotopic (exact) mass is 1100 g/mol. The molecule has 0 saturated heterocycles. The van der Waals surface area contributed by atoms with E-state index < -0.39 is 0 Å². The number of para-hydroxylation sites is 2. The zero-order valence-electron chi connectivity index (χ0n) is 47.8. The summed E-state index contributed by atoms with van der Waals surface area (Å²) in [5.74, 6) is 0. The van der Waals surface area contributed by atoms with Gasteiger partial charge in [0.05, 0.1) is 34.5 Å². The topological polar surface area (TPSA) is 103 Å². The van der Waals surface area contributed by atoms with Gasteiger partial charge in [0, 0.05) is 45.7 Å². The molecule has 0 aliphatic heterocycles. The summed E-state index contributed by atoms with van der Waals surface area (Å²) in [6, 6.07) is 93.1. The fourth-order valence-electron chi connectivity index (χ4n) is 12.6. The molecule has 14 rings (SSSR count). The molecule has 0 aliphatic carbocycles. The van der Waals surface area contributed by atoms with Crippen LogP contribution in [0.15, 0.2) is 301 Å². The van der Waals surface area contributed by atoms with Gasteiger partial charge in [0.25, 0.3) is 0 Å². The van der Waals surface area contributed by atoms with Gasteiger partial charge in [-0.1, -0.05) is 243 Å². The number of rotatable bonds is 13. The first-order valence-corrected chi connectivity index (χ1v) is 29.3. The highest BCUT2D eigenvalue weighted by molar-refractivity contribution is 6.18. The van der Waals surface area contributed by atoms with Crippen molar-refractivity contribution in [2.75, 3.05) is 0 Å². The van der Waals surface area contributed by atoms with Crippen LogP contribution >= 0.6 is 0 Å². The first kappa shape index (κ1) is 53.0. The van der Waals surface area contributed by atoms with Crippen LogP contribution in [0.5, 0.6) is 0 Å². The van der Waals surface area contributed by atoms with Crippen LogP contribution in [-0.4, -0.2) is 21.4 Å². The Labute approximate surface area is 500 Å². The summed E-state index contributed by atoms with van der Waals surface area (Å²) in [6.07, 6.45) is 7.82. The number of nitrogens with two attached hydrogens (primary N) is 2. The lowest BCUT2D eigenvalue weighted by Gasteiger charge is -2.20. The van der Waals surface area contributed by atoms with Crippen LogP contribution in [0.25, 0.3) is 110 Å². The molecule has 2 atom stereocenters. The Morgan fingerprint density at radius 2 is 0.628 bits per heavy atom. The molecule has 12 aromatic carbocycles. The summed E-state index contributed by atoms with van der Waals surface area (Å²) in [4.78, 5) is 20.9. The zero-order valence-corrected chi connectivity index (χ0v) is 47.8. The quantitative estimate of drug-likeness (QED) is 0.0887. The number of hydrogen-bond acceptors (Lipinski definition) is 6. The Bertz CT molecular complexity index is 4590. The van der Waals surface area contributed by atoms with Gasteiger partial charge in [-0.15, -0.1) is 0 Å². The standard InChI is InChI=1S/C80H60N6/c1-51(77-63-27-11-15-31-67(63)79(57-21-5-3-6-22-57)68-32-16-12-28-64(68)77)85-75(61-45-59-25-9-19-35-73(59)83-49-61)47-71(81)55-41-37-53(38-42-55)54-39-43-56(44-40-54)72(82)48-76(62-46-60-26-10-20-36-74(60)84-50-62)86-52(2)78-65-29-13-17-33-69(65)80(58-23-7-4-8-24-58)70-34-18-14-30-66(70)78/h3-52H,81-82H2,1-2H3/b71-47-,72-48-,85-75?,86-76?. The predicted molar refractivity (Wildman–Crippen MR) is 363 cm³/mol. The van der Waals surface area contributed by atoms with Crippen molar-refractivity contribution in [2.24, 2.45) is 21.5 Å². The van der Waals surface area contributed by atoms with Gasteiger partial charge < -0.3 is 11.5 Å². The first-order chi connectivity index (χ1) is 42.3. The van der Waals surface area contributed by atoms with Crippen molar-refractivity contribution in [1.82, 2.24) is 9.97 Å². The summed E-state index contributed by atoms with van der Waals surface area (Å²) in [7, 11) is 0. The highest BCUT2D eigenvalue weighted by atomic mass is 14.8. The van der Waals surface area contributed by atoms with E-state index in [1.807, 2.05) is 60.9 Å². The van der Waals surface area contributed by atoms with Gasteiger partial charge in [-0.3, -0.25) is 20.0 Å². The van der Waals surface area contributed by atoms with Crippen LogP contribution in [0.4, 0.5) is 0 Å². The minimum Gasteiger partial charge on any atom is -0.398 e. The van der Waals surface area contributed by atoms with E-state index in [1.165, 1.54) is 65.3 Å². The molecule has 0 aliphatic rings. The largest absolute Gasteiger partial charge is 0.398 e. The van der Waals surface area contributed by atoms with Crippen molar-refractivity contribution >= 4 is 87.7 Å². The second-order valence-corrected chi connectivity index (χ2v) is 22.1. The molecule has 6 heteroatoms. The van der Waals surface area contributed by atoms with Gasteiger partial charge in [0.2, 0.25) is 0 Å². The maximum absolute atomic E-state index is 7.14. The fraction of sp³-hybridized carbons (Fsp3) is 0.0500. The Kier molecular flexibility index (Phi) is 14.1. The molecular formula is C80H60N6. The summed E-state index contributed by atoms with van der Waals surface area (Å²) in [5.41, 5.74) is 31.6. The Hall–Kier alpha value is -11.1. The van der Waals surface area contributed by atoms with Crippen molar-refractivity contribution in [3.8, 4) is 33.4 Å². The van der Waals surface area contributed by atoms with E-state index in [0.29, 0.717) is 11.4 Å². The van der Waals surface area contributed by atoms with Crippen molar-refractivity contribution < 1.29 is 0 Å². The number of fused-ring (bicyclic) bond motifs is 6. The van der Waals surface area contributed by atoms with Crippen LogP contribution in [0, 0.1) is 0 Å². The fourth-order valence-corrected chi connectivity index (χ4v) is 12.6.